The molecule has 2 atom stereocenters. The van der Waals surface area contributed by atoms with Crippen LogP contribution in [0.2, 0.25) is 0 Å². The first-order chi connectivity index (χ1) is 18.1. The molecule has 2 unspecified atom stereocenters. The van der Waals surface area contributed by atoms with Crippen LogP contribution in [0.4, 0.5) is 0 Å². The highest BCUT2D eigenvalue weighted by molar-refractivity contribution is 5.62. The number of hydrogen-bond acceptors (Lipinski definition) is 4. The van der Waals surface area contributed by atoms with E-state index >= 15 is 0 Å². The second-order valence-electron chi connectivity index (χ2n) is 16.0. The van der Waals surface area contributed by atoms with Gasteiger partial charge < -0.3 is 15.5 Å². The zero-order chi connectivity index (χ0) is 28.6. The van der Waals surface area contributed by atoms with Crippen molar-refractivity contribution in [3.05, 3.63) is 41.5 Å². The molecule has 3 aliphatic rings. The molecule has 2 saturated heterocycles. The van der Waals surface area contributed by atoms with Crippen LogP contribution in [0, 0.1) is 0 Å². The van der Waals surface area contributed by atoms with E-state index in [1.54, 1.807) is 0 Å². The van der Waals surface area contributed by atoms with Crippen LogP contribution < -0.4 is 10.6 Å². The Morgan fingerprint density at radius 2 is 1.28 bits per heavy atom. The van der Waals surface area contributed by atoms with Gasteiger partial charge in [-0.25, -0.2) is 0 Å². The topological polar surface area (TPSA) is 30.5 Å². The lowest BCUT2D eigenvalue weighted by atomic mass is 9.77. The number of hydrogen-bond donors (Lipinski definition) is 2. The van der Waals surface area contributed by atoms with Crippen LogP contribution >= 0.6 is 0 Å². The monoisotopic (exact) mass is 536 g/mol. The van der Waals surface area contributed by atoms with E-state index in [4.69, 9.17) is 0 Å². The van der Waals surface area contributed by atoms with Crippen molar-refractivity contribution >= 4 is 6.08 Å². The van der Waals surface area contributed by atoms with Crippen molar-refractivity contribution in [2.24, 2.45) is 0 Å². The van der Waals surface area contributed by atoms with Crippen molar-refractivity contribution in [2.45, 2.75) is 153 Å². The number of unbranched alkanes of at least 4 members (excludes halogenated alkanes) is 2. The van der Waals surface area contributed by atoms with E-state index in [0.717, 1.165) is 0 Å². The first-order valence-electron chi connectivity index (χ1n) is 15.8. The standard InChI is InChI=1S/C35H60N4/c1-32(2)22-27(23-33(3,4)36-32)38(9)21-15-11-12-18-31(30-20-19-26-16-13-14-17-29(26)30)39(10)28-24-34(5,6)37-35(7,8)25-28/h13-14,16-17,19-20,27-28,30-31,36-37H,11-12,15,18,21-25H2,1-10H3. The van der Waals surface area contributed by atoms with Crippen molar-refractivity contribution < 1.29 is 0 Å². The van der Waals surface area contributed by atoms with Gasteiger partial charge >= 0.3 is 0 Å². The molecule has 4 nitrogen and oxygen atoms in total. The predicted molar refractivity (Wildman–Crippen MR) is 169 cm³/mol. The second-order valence-corrected chi connectivity index (χ2v) is 16.0. The Morgan fingerprint density at radius 3 is 1.87 bits per heavy atom. The third-order valence-electron chi connectivity index (χ3n) is 9.82. The lowest BCUT2D eigenvalue weighted by Crippen LogP contribution is -2.63. The minimum Gasteiger partial charge on any atom is -0.307 e. The van der Waals surface area contributed by atoms with Crippen LogP contribution in [0.15, 0.2) is 30.3 Å². The largest absolute Gasteiger partial charge is 0.307 e. The number of piperidine rings is 2. The van der Waals surface area contributed by atoms with Gasteiger partial charge in [0.15, 0.2) is 0 Å². The molecule has 2 fully saturated rings. The molecule has 2 aliphatic heterocycles. The summed E-state index contributed by atoms with van der Waals surface area (Å²) in [5.74, 6) is 0.495. The maximum absolute atomic E-state index is 3.90. The molecule has 220 valence electrons. The van der Waals surface area contributed by atoms with E-state index in [1.807, 2.05) is 0 Å². The first-order valence-corrected chi connectivity index (χ1v) is 15.8. The van der Waals surface area contributed by atoms with Gasteiger partial charge in [-0.3, -0.25) is 4.90 Å². The Kier molecular flexibility index (Phi) is 9.14. The van der Waals surface area contributed by atoms with Gasteiger partial charge in [0.05, 0.1) is 0 Å². The Labute approximate surface area is 241 Å². The van der Waals surface area contributed by atoms with E-state index in [0.29, 0.717) is 24.0 Å². The molecule has 0 saturated carbocycles. The van der Waals surface area contributed by atoms with Crippen molar-refractivity contribution in [2.75, 3.05) is 20.6 Å². The molecule has 2 N–H and O–H groups in total. The summed E-state index contributed by atoms with van der Waals surface area (Å²) in [6.07, 6.45) is 14.9. The van der Waals surface area contributed by atoms with Gasteiger partial charge in [-0.2, -0.15) is 0 Å². The highest BCUT2D eigenvalue weighted by Crippen LogP contribution is 2.40. The molecule has 0 amide bonds. The summed E-state index contributed by atoms with van der Waals surface area (Å²) in [5.41, 5.74) is 3.69. The Morgan fingerprint density at radius 1 is 0.744 bits per heavy atom. The first kappa shape index (κ1) is 30.8. The fraction of sp³-hybridized carbons (Fsp3) is 0.771. The Hall–Kier alpha value is -1.20. The van der Waals surface area contributed by atoms with Gasteiger partial charge in [-0.1, -0.05) is 49.3 Å². The van der Waals surface area contributed by atoms with Gasteiger partial charge in [0.25, 0.3) is 0 Å². The summed E-state index contributed by atoms with van der Waals surface area (Å²) in [5, 5.41) is 7.75. The molecule has 39 heavy (non-hydrogen) atoms. The minimum atomic E-state index is 0.164. The number of nitrogens with one attached hydrogen (secondary N) is 2. The molecule has 1 aromatic carbocycles. The van der Waals surface area contributed by atoms with Gasteiger partial charge in [0, 0.05) is 46.2 Å². The lowest BCUT2D eigenvalue weighted by molar-refractivity contribution is 0.0494. The van der Waals surface area contributed by atoms with Crippen molar-refractivity contribution in [1.82, 2.24) is 20.4 Å². The molecule has 0 spiro atoms. The van der Waals surface area contributed by atoms with Crippen LogP contribution in [-0.4, -0.2) is 70.7 Å². The summed E-state index contributed by atoms with van der Waals surface area (Å²) in [6.45, 7) is 20.2. The normalized spacial score (nSPS) is 26.7. The number of fused-ring (bicyclic) bond motifs is 1. The molecule has 0 aromatic heterocycles. The quantitative estimate of drug-likeness (QED) is 0.309. The maximum Gasteiger partial charge on any atom is 0.0199 e. The number of benzene rings is 1. The van der Waals surface area contributed by atoms with Crippen LogP contribution in [0.3, 0.4) is 0 Å². The molecule has 4 rings (SSSR count). The second kappa shape index (κ2) is 11.6. The van der Waals surface area contributed by atoms with Crippen molar-refractivity contribution in [3.8, 4) is 0 Å². The number of likely N-dealkylation sites (N-methyl/N-ethyl adjacent to an activating group) is 1. The smallest absolute Gasteiger partial charge is 0.0199 e. The third-order valence-corrected chi connectivity index (χ3v) is 9.82. The lowest BCUT2D eigenvalue weighted by Gasteiger charge is -2.51. The summed E-state index contributed by atoms with van der Waals surface area (Å²) >= 11 is 0. The van der Waals surface area contributed by atoms with Gasteiger partial charge in [0.1, 0.15) is 0 Å². The molecular weight excluding hydrogens is 476 g/mol. The maximum atomic E-state index is 3.90. The fourth-order valence-electron chi connectivity index (χ4n) is 8.73. The average molecular weight is 537 g/mol. The summed E-state index contributed by atoms with van der Waals surface area (Å²) in [4.78, 5) is 5.44. The van der Waals surface area contributed by atoms with Crippen molar-refractivity contribution in [1.29, 1.82) is 0 Å². The fourth-order valence-corrected chi connectivity index (χ4v) is 8.73. The molecule has 0 radical (unpaired) electrons. The van der Waals surface area contributed by atoms with E-state index < -0.39 is 0 Å². The average Bonchev–Trinajstić information content (AvgIpc) is 3.20. The molecular formula is C35H60N4. The van der Waals surface area contributed by atoms with E-state index in [2.05, 4.69) is 126 Å². The van der Waals surface area contributed by atoms with Crippen LogP contribution in [0.1, 0.15) is 124 Å². The molecule has 4 heteroatoms. The summed E-state index contributed by atoms with van der Waals surface area (Å²) < 4.78 is 0. The Bertz CT molecular complexity index is 958. The van der Waals surface area contributed by atoms with Crippen LogP contribution in [0.25, 0.3) is 6.08 Å². The van der Waals surface area contributed by atoms with Crippen LogP contribution in [0.5, 0.6) is 0 Å². The predicted octanol–water partition coefficient (Wildman–Crippen LogP) is 7.21. The number of rotatable bonds is 10. The highest BCUT2D eigenvalue weighted by Gasteiger charge is 2.42. The van der Waals surface area contributed by atoms with Gasteiger partial charge in [-0.15, -0.1) is 0 Å². The number of nitrogens with zero attached hydrogens (tertiary/aromatic N) is 2. The third kappa shape index (κ3) is 7.97. The molecule has 2 heterocycles. The Balaban J connectivity index is 1.38. The summed E-state index contributed by atoms with van der Waals surface area (Å²) in [6, 6.07) is 10.9. The molecule has 1 aromatic rings. The van der Waals surface area contributed by atoms with Gasteiger partial charge in [0.2, 0.25) is 0 Å². The summed E-state index contributed by atoms with van der Waals surface area (Å²) in [7, 11) is 4.79. The SMILES string of the molecule is CN(CCCCCC(C1C=Cc2ccccc21)N(C)C1CC(C)(C)NC(C)(C)C1)C1CC(C)(C)NC(C)(C)C1. The van der Waals surface area contributed by atoms with Crippen LogP contribution in [-0.2, 0) is 0 Å². The zero-order valence-electron chi connectivity index (χ0n) is 27.0. The zero-order valence-corrected chi connectivity index (χ0v) is 27.0. The van der Waals surface area contributed by atoms with E-state index in [1.165, 1.54) is 69.0 Å². The van der Waals surface area contributed by atoms with Gasteiger partial charge in [-0.05, 0) is 126 Å². The van der Waals surface area contributed by atoms with Crippen molar-refractivity contribution in [3.63, 3.8) is 0 Å². The van der Waals surface area contributed by atoms with E-state index in [-0.39, 0.29) is 22.2 Å². The molecule has 1 aliphatic carbocycles. The van der Waals surface area contributed by atoms with E-state index in [9.17, 15) is 0 Å². The highest BCUT2D eigenvalue weighted by atomic mass is 15.2. The minimum absolute atomic E-state index is 0.164. The molecule has 0 bridgehead atoms.